The van der Waals surface area contributed by atoms with Crippen LogP contribution in [0.3, 0.4) is 0 Å². The third-order valence-corrected chi connectivity index (χ3v) is 3.47. The summed E-state index contributed by atoms with van der Waals surface area (Å²) in [7, 11) is 0. The molecule has 1 aliphatic heterocycles. The van der Waals surface area contributed by atoms with Crippen molar-refractivity contribution in [3.8, 4) is 0 Å². The number of hydrogen-bond acceptors (Lipinski definition) is 2. The van der Waals surface area contributed by atoms with Crippen LogP contribution in [-0.4, -0.2) is 5.91 Å². The summed E-state index contributed by atoms with van der Waals surface area (Å²) in [5.41, 5.74) is 3.95. The second-order valence-electron chi connectivity index (χ2n) is 4.69. The number of aryl methyl sites for hydroxylation is 1. The van der Waals surface area contributed by atoms with Crippen LogP contribution in [0.15, 0.2) is 48.5 Å². The average Bonchev–Trinajstić information content (AvgIpc) is 2.47. The zero-order chi connectivity index (χ0) is 13.2. The van der Waals surface area contributed by atoms with Gasteiger partial charge in [-0.2, -0.15) is 0 Å². The first-order chi connectivity index (χ1) is 9.28. The molecule has 1 amide bonds. The number of amides is 1. The second kappa shape index (κ2) is 4.76. The molecular weight excluding hydrogens is 236 g/mol. The Morgan fingerprint density at radius 2 is 1.74 bits per heavy atom. The Bertz CT molecular complexity index is 604. The van der Waals surface area contributed by atoms with Crippen LogP contribution < -0.4 is 10.6 Å². The van der Waals surface area contributed by atoms with Crippen molar-refractivity contribution in [2.75, 3.05) is 5.32 Å². The highest BCUT2D eigenvalue weighted by atomic mass is 16.2. The van der Waals surface area contributed by atoms with Crippen molar-refractivity contribution in [1.82, 2.24) is 5.32 Å². The van der Waals surface area contributed by atoms with Crippen LogP contribution >= 0.6 is 0 Å². The quantitative estimate of drug-likeness (QED) is 0.862. The molecule has 0 bridgehead atoms. The highest BCUT2D eigenvalue weighted by Crippen LogP contribution is 2.26. The Balaban J connectivity index is 1.90. The molecule has 3 heteroatoms. The molecule has 0 spiro atoms. The lowest BCUT2D eigenvalue weighted by Gasteiger charge is -2.28. The number of hydrogen-bond donors (Lipinski definition) is 2. The fourth-order valence-corrected chi connectivity index (χ4v) is 2.32. The van der Waals surface area contributed by atoms with Gasteiger partial charge in [-0.1, -0.05) is 43.3 Å². The molecule has 2 aromatic rings. The van der Waals surface area contributed by atoms with Crippen LogP contribution in [0.25, 0.3) is 0 Å². The summed E-state index contributed by atoms with van der Waals surface area (Å²) in [6, 6.07) is 15.9. The molecule has 1 aliphatic rings. The molecule has 0 aromatic heterocycles. The number of nitrogens with one attached hydrogen (secondary N) is 2. The molecule has 2 aromatic carbocycles. The van der Waals surface area contributed by atoms with E-state index >= 15 is 0 Å². The van der Waals surface area contributed by atoms with Crippen LogP contribution in [0.4, 0.5) is 5.69 Å². The number of para-hydroxylation sites is 1. The molecule has 0 saturated heterocycles. The Labute approximate surface area is 112 Å². The Kier molecular flexibility index (Phi) is 2.95. The molecule has 19 heavy (non-hydrogen) atoms. The zero-order valence-electron chi connectivity index (χ0n) is 10.8. The number of anilines is 1. The van der Waals surface area contributed by atoms with E-state index in [9.17, 15) is 4.79 Å². The van der Waals surface area contributed by atoms with E-state index in [1.807, 2.05) is 24.3 Å². The van der Waals surface area contributed by atoms with Gasteiger partial charge in [-0.3, -0.25) is 4.79 Å². The summed E-state index contributed by atoms with van der Waals surface area (Å²) in [6.45, 7) is 2.13. The minimum atomic E-state index is -0.159. The van der Waals surface area contributed by atoms with E-state index < -0.39 is 0 Å². The standard InChI is InChI=1S/C16H16N2O/c1-2-11-7-9-12(10-8-11)15-17-14-6-4-3-5-13(14)16(19)18-15/h3-10,15,17H,2H2,1H3,(H,18,19)/t15-/m0/s1. The molecule has 96 valence electrons. The average molecular weight is 252 g/mol. The van der Waals surface area contributed by atoms with Gasteiger partial charge in [0, 0.05) is 5.69 Å². The Hall–Kier alpha value is -2.29. The van der Waals surface area contributed by atoms with Crippen molar-refractivity contribution in [1.29, 1.82) is 0 Å². The molecule has 3 rings (SSSR count). The van der Waals surface area contributed by atoms with Gasteiger partial charge >= 0.3 is 0 Å². The van der Waals surface area contributed by atoms with Gasteiger partial charge in [0.1, 0.15) is 6.17 Å². The molecule has 0 fully saturated rings. The Morgan fingerprint density at radius 3 is 2.47 bits per heavy atom. The first-order valence-electron chi connectivity index (χ1n) is 6.53. The van der Waals surface area contributed by atoms with E-state index in [2.05, 4.69) is 41.8 Å². The van der Waals surface area contributed by atoms with Gasteiger partial charge in [0.15, 0.2) is 0 Å². The predicted octanol–water partition coefficient (Wildman–Crippen LogP) is 3.10. The smallest absolute Gasteiger partial charge is 0.255 e. The predicted molar refractivity (Wildman–Crippen MR) is 76.1 cm³/mol. The topological polar surface area (TPSA) is 41.1 Å². The molecule has 0 aliphatic carbocycles. The van der Waals surface area contributed by atoms with E-state index in [0.29, 0.717) is 5.56 Å². The Morgan fingerprint density at radius 1 is 1.00 bits per heavy atom. The monoisotopic (exact) mass is 252 g/mol. The summed E-state index contributed by atoms with van der Waals surface area (Å²) in [6.07, 6.45) is 0.862. The van der Waals surface area contributed by atoms with Gasteiger partial charge in [0.25, 0.3) is 5.91 Å². The third kappa shape index (κ3) is 2.19. The molecule has 3 nitrogen and oxygen atoms in total. The minimum Gasteiger partial charge on any atom is -0.361 e. The van der Waals surface area contributed by atoms with E-state index in [1.165, 1.54) is 5.56 Å². The van der Waals surface area contributed by atoms with Gasteiger partial charge in [-0.25, -0.2) is 0 Å². The molecule has 2 N–H and O–H groups in total. The second-order valence-corrected chi connectivity index (χ2v) is 4.69. The number of fused-ring (bicyclic) bond motifs is 1. The molecule has 0 unspecified atom stereocenters. The molecule has 0 radical (unpaired) electrons. The van der Waals surface area contributed by atoms with E-state index in [0.717, 1.165) is 17.7 Å². The first-order valence-corrected chi connectivity index (χ1v) is 6.53. The zero-order valence-corrected chi connectivity index (χ0v) is 10.8. The van der Waals surface area contributed by atoms with Gasteiger partial charge in [0.05, 0.1) is 5.56 Å². The van der Waals surface area contributed by atoms with Crippen molar-refractivity contribution in [2.24, 2.45) is 0 Å². The number of carbonyl (C=O) groups is 1. The highest BCUT2D eigenvalue weighted by molar-refractivity contribution is 6.01. The number of benzene rings is 2. The number of carbonyl (C=O) groups excluding carboxylic acids is 1. The summed E-state index contributed by atoms with van der Waals surface area (Å²) in [5.74, 6) is -0.0288. The highest BCUT2D eigenvalue weighted by Gasteiger charge is 2.23. The minimum absolute atomic E-state index is 0.0288. The van der Waals surface area contributed by atoms with Crippen LogP contribution in [-0.2, 0) is 6.42 Å². The van der Waals surface area contributed by atoms with Crippen molar-refractivity contribution in [2.45, 2.75) is 19.5 Å². The number of rotatable bonds is 2. The lowest BCUT2D eigenvalue weighted by atomic mass is 10.0. The van der Waals surface area contributed by atoms with Crippen molar-refractivity contribution < 1.29 is 4.79 Å². The fourth-order valence-electron chi connectivity index (χ4n) is 2.32. The lowest BCUT2D eigenvalue weighted by molar-refractivity contribution is 0.0935. The summed E-state index contributed by atoms with van der Waals surface area (Å²) in [5, 5.41) is 6.33. The maximum Gasteiger partial charge on any atom is 0.255 e. The molecular formula is C16H16N2O. The lowest BCUT2D eigenvalue weighted by Crippen LogP contribution is -2.38. The maximum atomic E-state index is 12.0. The normalized spacial score (nSPS) is 17.3. The molecule has 1 heterocycles. The van der Waals surface area contributed by atoms with Crippen LogP contribution in [0.5, 0.6) is 0 Å². The fraction of sp³-hybridized carbons (Fsp3) is 0.188. The summed E-state index contributed by atoms with van der Waals surface area (Å²) in [4.78, 5) is 12.0. The molecule has 0 saturated carbocycles. The largest absolute Gasteiger partial charge is 0.361 e. The van der Waals surface area contributed by atoms with Crippen LogP contribution in [0.1, 0.15) is 34.6 Å². The van der Waals surface area contributed by atoms with Crippen LogP contribution in [0.2, 0.25) is 0 Å². The van der Waals surface area contributed by atoms with Gasteiger partial charge in [0.2, 0.25) is 0 Å². The SMILES string of the molecule is CCc1ccc([C@@H]2NC(=O)c3ccccc3N2)cc1. The van der Waals surface area contributed by atoms with E-state index in [-0.39, 0.29) is 12.1 Å². The third-order valence-electron chi connectivity index (χ3n) is 3.47. The maximum absolute atomic E-state index is 12.0. The van der Waals surface area contributed by atoms with Crippen molar-refractivity contribution in [3.05, 3.63) is 65.2 Å². The van der Waals surface area contributed by atoms with E-state index in [4.69, 9.17) is 0 Å². The van der Waals surface area contributed by atoms with Gasteiger partial charge in [-0.05, 0) is 29.7 Å². The van der Waals surface area contributed by atoms with Crippen molar-refractivity contribution in [3.63, 3.8) is 0 Å². The van der Waals surface area contributed by atoms with Crippen molar-refractivity contribution >= 4 is 11.6 Å². The van der Waals surface area contributed by atoms with Crippen LogP contribution in [0, 0.1) is 0 Å². The van der Waals surface area contributed by atoms with Gasteiger partial charge in [-0.15, -0.1) is 0 Å². The van der Waals surface area contributed by atoms with E-state index in [1.54, 1.807) is 0 Å². The summed E-state index contributed by atoms with van der Waals surface area (Å²) < 4.78 is 0. The molecule has 1 atom stereocenters. The summed E-state index contributed by atoms with van der Waals surface area (Å²) >= 11 is 0. The van der Waals surface area contributed by atoms with Gasteiger partial charge < -0.3 is 10.6 Å². The first kappa shape index (κ1) is 11.8.